The van der Waals surface area contributed by atoms with E-state index in [0.717, 1.165) is 55.8 Å². The Labute approximate surface area is 158 Å². The number of H-pyrrole nitrogens is 1. The first-order valence-electron chi connectivity index (χ1n) is 9.32. The van der Waals surface area contributed by atoms with Crippen LogP contribution < -0.4 is 4.74 Å². The highest BCUT2D eigenvalue weighted by Gasteiger charge is 2.24. The van der Waals surface area contributed by atoms with Crippen LogP contribution in [0.25, 0.3) is 10.9 Å². The van der Waals surface area contributed by atoms with E-state index in [1.54, 1.807) is 7.11 Å². The van der Waals surface area contributed by atoms with Crippen LogP contribution in [0.2, 0.25) is 0 Å². The lowest BCUT2D eigenvalue weighted by Gasteiger charge is -2.34. The van der Waals surface area contributed by atoms with Gasteiger partial charge in [-0.1, -0.05) is 30.3 Å². The molecule has 0 unspecified atom stereocenters. The van der Waals surface area contributed by atoms with E-state index in [0.29, 0.717) is 5.69 Å². The molecule has 6 heteroatoms. The van der Waals surface area contributed by atoms with Crippen molar-refractivity contribution in [3.8, 4) is 5.75 Å². The van der Waals surface area contributed by atoms with Gasteiger partial charge in [-0.3, -0.25) is 14.8 Å². The van der Waals surface area contributed by atoms with Crippen molar-refractivity contribution in [1.82, 2.24) is 20.0 Å². The van der Waals surface area contributed by atoms with Gasteiger partial charge in [0.2, 0.25) is 0 Å². The van der Waals surface area contributed by atoms with Gasteiger partial charge in [-0.05, 0) is 30.2 Å². The highest BCUT2D eigenvalue weighted by atomic mass is 16.5. The van der Waals surface area contributed by atoms with E-state index in [9.17, 15) is 4.79 Å². The van der Waals surface area contributed by atoms with Crippen LogP contribution in [0.5, 0.6) is 5.75 Å². The quantitative estimate of drug-likeness (QED) is 0.756. The summed E-state index contributed by atoms with van der Waals surface area (Å²) in [5.41, 5.74) is 2.73. The Balaban J connectivity index is 1.31. The zero-order chi connectivity index (χ0) is 18.6. The summed E-state index contributed by atoms with van der Waals surface area (Å²) in [7, 11) is 1.68. The van der Waals surface area contributed by atoms with Gasteiger partial charge in [0.05, 0.1) is 12.6 Å². The second kappa shape index (κ2) is 7.80. The van der Waals surface area contributed by atoms with Crippen molar-refractivity contribution < 1.29 is 9.53 Å². The van der Waals surface area contributed by atoms with Gasteiger partial charge in [0.25, 0.3) is 5.91 Å². The van der Waals surface area contributed by atoms with Crippen LogP contribution in [-0.2, 0) is 6.42 Å². The van der Waals surface area contributed by atoms with Crippen LogP contribution in [0.4, 0.5) is 0 Å². The van der Waals surface area contributed by atoms with Gasteiger partial charge in [0, 0.05) is 38.1 Å². The Hall–Kier alpha value is -2.86. The lowest BCUT2D eigenvalue weighted by Crippen LogP contribution is -2.49. The number of aromatic nitrogens is 2. The summed E-state index contributed by atoms with van der Waals surface area (Å²) in [5.74, 6) is 0.902. The van der Waals surface area contributed by atoms with Crippen molar-refractivity contribution in [2.24, 2.45) is 0 Å². The second-order valence-corrected chi connectivity index (χ2v) is 6.85. The molecule has 2 heterocycles. The number of carbonyl (C=O) groups excluding carboxylic acids is 1. The zero-order valence-corrected chi connectivity index (χ0v) is 15.5. The Bertz CT molecular complexity index is 911. The van der Waals surface area contributed by atoms with E-state index in [1.807, 2.05) is 41.3 Å². The molecule has 1 aliphatic heterocycles. The SMILES string of the molecule is COc1ccc(CCN2CCN(C(=O)c3n[nH]c4ccccc34)CC2)cc1. The van der Waals surface area contributed by atoms with Gasteiger partial charge in [0.15, 0.2) is 5.69 Å². The third-order valence-corrected chi connectivity index (χ3v) is 5.21. The molecule has 4 rings (SSSR count). The molecule has 1 aromatic heterocycles. The van der Waals surface area contributed by atoms with E-state index in [-0.39, 0.29) is 5.91 Å². The fraction of sp³-hybridized carbons (Fsp3) is 0.333. The molecule has 2 aromatic carbocycles. The summed E-state index contributed by atoms with van der Waals surface area (Å²) in [6.07, 6.45) is 1.00. The fourth-order valence-electron chi connectivity index (χ4n) is 3.53. The van der Waals surface area contributed by atoms with Crippen molar-refractivity contribution in [2.45, 2.75) is 6.42 Å². The van der Waals surface area contributed by atoms with E-state index in [1.165, 1.54) is 5.56 Å². The molecule has 1 aliphatic rings. The largest absolute Gasteiger partial charge is 0.497 e. The van der Waals surface area contributed by atoms with E-state index >= 15 is 0 Å². The number of amides is 1. The minimum atomic E-state index is 0.0160. The molecule has 1 N–H and O–H groups in total. The van der Waals surface area contributed by atoms with Gasteiger partial charge >= 0.3 is 0 Å². The predicted molar refractivity (Wildman–Crippen MR) is 105 cm³/mol. The molecule has 0 radical (unpaired) electrons. The Kier molecular flexibility index (Phi) is 5.07. The van der Waals surface area contributed by atoms with Gasteiger partial charge in [-0.15, -0.1) is 0 Å². The normalized spacial score (nSPS) is 15.2. The molecule has 1 fully saturated rings. The minimum Gasteiger partial charge on any atom is -0.497 e. The number of hydrogen-bond acceptors (Lipinski definition) is 4. The first kappa shape index (κ1) is 17.5. The molecule has 0 aliphatic carbocycles. The van der Waals surface area contributed by atoms with E-state index in [4.69, 9.17) is 4.74 Å². The number of para-hydroxylation sites is 1. The molecule has 0 bridgehead atoms. The molecule has 3 aromatic rings. The van der Waals surface area contributed by atoms with Gasteiger partial charge in [0.1, 0.15) is 5.75 Å². The zero-order valence-electron chi connectivity index (χ0n) is 15.5. The highest BCUT2D eigenvalue weighted by Crippen LogP contribution is 2.18. The first-order chi connectivity index (χ1) is 13.2. The molecule has 0 saturated carbocycles. The number of methoxy groups -OCH3 is 1. The Morgan fingerprint density at radius 1 is 1.07 bits per heavy atom. The summed E-state index contributed by atoms with van der Waals surface area (Å²) in [6, 6.07) is 16.0. The van der Waals surface area contributed by atoms with Crippen LogP contribution in [0.3, 0.4) is 0 Å². The van der Waals surface area contributed by atoms with Crippen molar-refractivity contribution in [3.63, 3.8) is 0 Å². The number of fused-ring (bicyclic) bond motifs is 1. The van der Waals surface area contributed by atoms with Gasteiger partial charge in [-0.2, -0.15) is 5.10 Å². The molecule has 1 saturated heterocycles. The first-order valence-corrected chi connectivity index (χ1v) is 9.32. The summed E-state index contributed by atoms with van der Waals surface area (Å²) in [6.45, 7) is 4.26. The number of nitrogens with zero attached hydrogens (tertiary/aromatic N) is 3. The predicted octanol–water partition coefficient (Wildman–Crippen LogP) is 2.57. The minimum absolute atomic E-state index is 0.0160. The molecular formula is C21H24N4O2. The fourth-order valence-corrected chi connectivity index (χ4v) is 3.53. The molecule has 27 heavy (non-hydrogen) atoms. The van der Waals surface area contributed by atoms with Gasteiger partial charge < -0.3 is 9.64 Å². The average molecular weight is 364 g/mol. The average Bonchev–Trinajstić information content (AvgIpc) is 3.16. The van der Waals surface area contributed by atoms with Crippen LogP contribution in [-0.4, -0.2) is 65.7 Å². The van der Waals surface area contributed by atoms with Gasteiger partial charge in [-0.25, -0.2) is 0 Å². The highest BCUT2D eigenvalue weighted by molar-refractivity contribution is 6.04. The monoisotopic (exact) mass is 364 g/mol. The van der Waals surface area contributed by atoms with E-state index in [2.05, 4.69) is 27.2 Å². The maximum absolute atomic E-state index is 12.8. The van der Waals surface area contributed by atoms with Crippen molar-refractivity contribution in [2.75, 3.05) is 39.8 Å². The molecular weight excluding hydrogens is 340 g/mol. The Morgan fingerprint density at radius 2 is 1.81 bits per heavy atom. The number of carbonyl (C=O) groups is 1. The number of hydrogen-bond donors (Lipinski definition) is 1. The van der Waals surface area contributed by atoms with Crippen LogP contribution in [0.1, 0.15) is 16.1 Å². The Morgan fingerprint density at radius 3 is 2.56 bits per heavy atom. The summed E-state index contributed by atoms with van der Waals surface area (Å²) in [4.78, 5) is 17.2. The van der Waals surface area contributed by atoms with Crippen molar-refractivity contribution >= 4 is 16.8 Å². The lowest BCUT2D eigenvalue weighted by atomic mass is 10.1. The number of piperazine rings is 1. The summed E-state index contributed by atoms with van der Waals surface area (Å²) < 4.78 is 5.20. The molecule has 1 amide bonds. The standard InChI is InChI=1S/C21H24N4O2/c1-27-17-8-6-16(7-9-17)10-11-24-12-14-25(15-13-24)21(26)20-18-4-2-3-5-19(18)22-23-20/h2-9H,10-15H2,1H3,(H,22,23). The summed E-state index contributed by atoms with van der Waals surface area (Å²) in [5, 5.41) is 8.08. The van der Waals surface area contributed by atoms with Crippen LogP contribution >= 0.6 is 0 Å². The number of aromatic amines is 1. The molecule has 140 valence electrons. The lowest BCUT2D eigenvalue weighted by molar-refractivity contribution is 0.0634. The van der Waals surface area contributed by atoms with Crippen LogP contribution in [0, 0.1) is 0 Å². The number of rotatable bonds is 5. The maximum atomic E-state index is 12.8. The van der Waals surface area contributed by atoms with Crippen LogP contribution in [0.15, 0.2) is 48.5 Å². The maximum Gasteiger partial charge on any atom is 0.275 e. The topological polar surface area (TPSA) is 61.5 Å². The molecule has 0 spiro atoms. The third-order valence-electron chi connectivity index (χ3n) is 5.21. The second-order valence-electron chi connectivity index (χ2n) is 6.85. The number of ether oxygens (including phenoxy) is 1. The third kappa shape index (κ3) is 3.80. The molecule has 6 nitrogen and oxygen atoms in total. The number of benzene rings is 2. The summed E-state index contributed by atoms with van der Waals surface area (Å²) >= 11 is 0. The smallest absolute Gasteiger partial charge is 0.275 e. The van der Waals surface area contributed by atoms with E-state index < -0.39 is 0 Å². The van der Waals surface area contributed by atoms with Crippen molar-refractivity contribution in [3.05, 3.63) is 59.8 Å². The number of nitrogens with one attached hydrogen (secondary N) is 1. The molecule has 0 atom stereocenters. The van der Waals surface area contributed by atoms with Crippen molar-refractivity contribution in [1.29, 1.82) is 0 Å².